The van der Waals surface area contributed by atoms with Crippen LogP contribution in [0.1, 0.15) is 37.9 Å². The van der Waals surface area contributed by atoms with Crippen molar-refractivity contribution in [2.75, 3.05) is 0 Å². The summed E-state index contributed by atoms with van der Waals surface area (Å²) in [5.41, 5.74) is 12.4. The van der Waals surface area contributed by atoms with Crippen LogP contribution in [-0.4, -0.2) is 68.8 Å². The molecule has 206 valence electrons. The second kappa shape index (κ2) is 14.5. The first-order valence-corrected chi connectivity index (χ1v) is 12.2. The highest BCUT2D eigenvalue weighted by molar-refractivity contribution is 5.96. The molecule has 0 spiro atoms. The van der Waals surface area contributed by atoms with E-state index in [2.05, 4.69) is 25.9 Å². The highest BCUT2D eigenvalue weighted by atomic mass is 16.4. The van der Waals surface area contributed by atoms with E-state index in [1.54, 1.807) is 37.3 Å². The van der Waals surface area contributed by atoms with E-state index in [4.69, 9.17) is 11.5 Å². The first-order chi connectivity index (χ1) is 18.0. The van der Waals surface area contributed by atoms with Crippen molar-refractivity contribution in [1.29, 1.82) is 0 Å². The third kappa shape index (κ3) is 9.32. The number of carboxylic acids is 1. The smallest absolute Gasteiger partial charge is 0.326 e. The molecule has 0 saturated carbocycles. The number of nitrogens with two attached hydrogens (primary N) is 2. The van der Waals surface area contributed by atoms with Gasteiger partial charge in [-0.2, -0.15) is 0 Å². The first kappa shape index (κ1) is 30.0. The molecule has 0 aliphatic heterocycles. The molecule has 1 aromatic carbocycles. The van der Waals surface area contributed by atoms with Gasteiger partial charge in [0.2, 0.25) is 23.6 Å². The van der Waals surface area contributed by atoms with Gasteiger partial charge in [0, 0.05) is 24.7 Å². The van der Waals surface area contributed by atoms with Crippen molar-refractivity contribution < 1.29 is 29.1 Å². The molecular formula is C25H35N7O6. The minimum absolute atomic E-state index is 0.0144. The number of benzene rings is 1. The van der Waals surface area contributed by atoms with Crippen LogP contribution < -0.4 is 27.4 Å². The largest absolute Gasteiger partial charge is 0.480 e. The molecular weight excluding hydrogens is 494 g/mol. The normalized spacial score (nSPS) is 14.8. The Morgan fingerprint density at radius 3 is 2.11 bits per heavy atom. The van der Waals surface area contributed by atoms with Crippen molar-refractivity contribution in [3.8, 4) is 0 Å². The molecule has 0 bridgehead atoms. The monoisotopic (exact) mass is 529 g/mol. The van der Waals surface area contributed by atoms with Gasteiger partial charge in [-0.25, -0.2) is 9.78 Å². The number of aliphatic carboxylic acids is 1. The lowest BCUT2D eigenvalue weighted by Gasteiger charge is -2.25. The molecule has 0 aliphatic rings. The standard InChI is InChI=1S/C25H35N7O6/c1-3-14(2)21(27)24(36)31-18(11-20(26)33)23(35)30-17(10-16-12-28-13-29-16)22(34)32-19(25(37)38)9-15-7-5-4-6-8-15/h4-8,12-14,17-19,21H,3,9-11,27H2,1-2H3,(H2,26,33)(H,28,29)(H,30,35)(H,31,36)(H,32,34)(H,37,38). The number of aromatic amines is 1. The van der Waals surface area contributed by atoms with E-state index in [0.717, 1.165) is 0 Å². The fourth-order valence-electron chi connectivity index (χ4n) is 3.61. The van der Waals surface area contributed by atoms with Gasteiger partial charge in [-0.1, -0.05) is 50.6 Å². The molecule has 9 N–H and O–H groups in total. The molecule has 13 heteroatoms. The molecule has 2 aromatic rings. The minimum Gasteiger partial charge on any atom is -0.480 e. The molecule has 0 fully saturated rings. The zero-order valence-electron chi connectivity index (χ0n) is 21.3. The van der Waals surface area contributed by atoms with E-state index in [0.29, 0.717) is 17.7 Å². The fourth-order valence-corrected chi connectivity index (χ4v) is 3.61. The summed E-state index contributed by atoms with van der Waals surface area (Å²) >= 11 is 0. The SMILES string of the molecule is CCC(C)C(N)C(=O)NC(CC(N)=O)C(=O)NC(Cc1cnc[nH]1)C(=O)NC(Cc1ccccc1)C(=O)O. The van der Waals surface area contributed by atoms with Gasteiger partial charge in [-0.05, 0) is 11.5 Å². The van der Waals surface area contributed by atoms with Crippen LogP contribution in [0.2, 0.25) is 0 Å². The predicted molar refractivity (Wildman–Crippen MR) is 137 cm³/mol. The van der Waals surface area contributed by atoms with Crippen LogP contribution in [0.25, 0.3) is 0 Å². The molecule has 4 amide bonds. The number of primary amides is 1. The number of hydrogen-bond donors (Lipinski definition) is 7. The zero-order chi connectivity index (χ0) is 28.2. The average molecular weight is 530 g/mol. The lowest BCUT2D eigenvalue weighted by molar-refractivity contribution is -0.142. The Labute approximate surface area is 220 Å². The summed E-state index contributed by atoms with van der Waals surface area (Å²) < 4.78 is 0. The van der Waals surface area contributed by atoms with Crippen molar-refractivity contribution >= 4 is 29.6 Å². The van der Waals surface area contributed by atoms with Gasteiger partial charge in [0.1, 0.15) is 18.1 Å². The summed E-state index contributed by atoms with van der Waals surface area (Å²) in [7, 11) is 0. The number of hydrogen-bond acceptors (Lipinski definition) is 7. The van der Waals surface area contributed by atoms with Gasteiger partial charge in [0.15, 0.2) is 0 Å². The van der Waals surface area contributed by atoms with E-state index in [1.165, 1.54) is 12.5 Å². The Bertz CT molecular complexity index is 1090. The molecule has 5 atom stereocenters. The topological polar surface area (TPSA) is 222 Å². The Hall–Kier alpha value is -4.26. The number of carbonyl (C=O) groups excluding carboxylic acids is 4. The van der Waals surface area contributed by atoms with Crippen LogP contribution in [0.5, 0.6) is 0 Å². The molecule has 38 heavy (non-hydrogen) atoms. The maximum absolute atomic E-state index is 13.2. The number of imidazole rings is 1. The maximum Gasteiger partial charge on any atom is 0.326 e. The zero-order valence-corrected chi connectivity index (χ0v) is 21.3. The number of aromatic nitrogens is 2. The summed E-state index contributed by atoms with van der Waals surface area (Å²) in [6, 6.07) is 3.87. The highest BCUT2D eigenvalue weighted by Gasteiger charge is 2.32. The summed E-state index contributed by atoms with van der Waals surface area (Å²) in [6.45, 7) is 3.62. The van der Waals surface area contributed by atoms with Crippen LogP contribution in [0.15, 0.2) is 42.9 Å². The van der Waals surface area contributed by atoms with E-state index in [1.807, 2.05) is 6.92 Å². The molecule has 0 aliphatic carbocycles. The van der Waals surface area contributed by atoms with Crippen molar-refractivity contribution in [1.82, 2.24) is 25.9 Å². The molecule has 5 unspecified atom stereocenters. The molecule has 13 nitrogen and oxygen atoms in total. The van der Waals surface area contributed by atoms with Gasteiger partial charge in [0.05, 0.1) is 18.8 Å². The summed E-state index contributed by atoms with van der Waals surface area (Å²) in [4.78, 5) is 69.1. The third-order valence-electron chi connectivity index (χ3n) is 6.11. The Morgan fingerprint density at radius 2 is 1.55 bits per heavy atom. The van der Waals surface area contributed by atoms with Gasteiger partial charge in [-0.3, -0.25) is 19.2 Å². The quantitative estimate of drug-likeness (QED) is 0.151. The van der Waals surface area contributed by atoms with Gasteiger partial charge < -0.3 is 37.5 Å². The summed E-state index contributed by atoms with van der Waals surface area (Å²) in [5, 5.41) is 17.1. The van der Waals surface area contributed by atoms with E-state index < -0.39 is 60.2 Å². The average Bonchev–Trinajstić information content (AvgIpc) is 3.39. The van der Waals surface area contributed by atoms with E-state index in [9.17, 15) is 29.1 Å². The number of amides is 4. The molecule has 0 radical (unpaired) electrons. The molecule has 2 rings (SSSR count). The molecule has 1 heterocycles. The van der Waals surface area contributed by atoms with Crippen molar-refractivity contribution in [3.63, 3.8) is 0 Å². The lowest BCUT2D eigenvalue weighted by Crippen LogP contribution is -2.58. The van der Waals surface area contributed by atoms with Crippen molar-refractivity contribution in [2.45, 2.75) is 63.7 Å². The molecule has 0 saturated heterocycles. The van der Waals surface area contributed by atoms with E-state index in [-0.39, 0.29) is 18.8 Å². The minimum atomic E-state index is -1.40. The predicted octanol–water partition coefficient (Wildman–Crippen LogP) is -1.02. The van der Waals surface area contributed by atoms with Gasteiger partial charge >= 0.3 is 5.97 Å². The second-order valence-electron chi connectivity index (χ2n) is 9.07. The van der Waals surface area contributed by atoms with Crippen LogP contribution in [0.3, 0.4) is 0 Å². The number of carboxylic acid groups (broad SMARTS) is 1. The van der Waals surface area contributed by atoms with Crippen molar-refractivity contribution in [3.05, 3.63) is 54.1 Å². The second-order valence-corrected chi connectivity index (χ2v) is 9.07. The number of nitrogens with one attached hydrogen (secondary N) is 4. The van der Waals surface area contributed by atoms with Crippen LogP contribution >= 0.6 is 0 Å². The highest BCUT2D eigenvalue weighted by Crippen LogP contribution is 2.08. The van der Waals surface area contributed by atoms with Gasteiger partial charge in [-0.15, -0.1) is 0 Å². The van der Waals surface area contributed by atoms with Crippen molar-refractivity contribution in [2.24, 2.45) is 17.4 Å². The Balaban J connectivity index is 2.22. The number of nitrogens with zero attached hydrogens (tertiary/aromatic N) is 1. The van der Waals surface area contributed by atoms with E-state index >= 15 is 0 Å². The Kier molecular flexibility index (Phi) is 11.4. The van der Waals surface area contributed by atoms with Gasteiger partial charge in [0.25, 0.3) is 0 Å². The fraction of sp³-hybridized carbons (Fsp3) is 0.440. The molecule has 1 aromatic heterocycles. The van der Waals surface area contributed by atoms with Crippen LogP contribution in [0.4, 0.5) is 0 Å². The number of carbonyl (C=O) groups is 5. The number of rotatable bonds is 15. The van der Waals surface area contributed by atoms with Crippen LogP contribution in [0, 0.1) is 5.92 Å². The summed E-state index contributed by atoms with van der Waals surface area (Å²) in [5.74, 6) is -4.59. The third-order valence-corrected chi connectivity index (χ3v) is 6.11. The summed E-state index contributed by atoms with van der Waals surface area (Å²) in [6.07, 6.45) is 2.85. The maximum atomic E-state index is 13.2. The number of H-pyrrole nitrogens is 1. The first-order valence-electron chi connectivity index (χ1n) is 12.2. The van der Waals surface area contributed by atoms with Crippen LogP contribution in [-0.2, 0) is 36.8 Å². The Morgan fingerprint density at radius 1 is 0.947 bits per heavy atom. The lowest BCUT2D eigenvalue weighted by atomic mass is 9.99.